The lowest BCUT2D eigenvalue weighted by Crippen LogP contribution is -2.51. The summed E-state index contributed by atoms with van der Waals surface area (Å²) in [5.41, 5.74) is 6.06. The van der Waals surface area contributed by atoms with Gasteiger partial charge in [-0.2, -0.15) is 8.78 Å². The molecule has 1 saturated heterocycles. The van der Waals surface area contributed by atoms with Crippen molar-refractivity contribution >= 4 is 35.6 Å². The van der Waals surface area contributed by atoms with Crippen molar-refractivity contribution in [3.05, 3.63) is 59.2 Å². The predicted octanol–water partition coefficient (Wildman–Crippen LogP) is 2.43. The standard InChI is InChI=1S/C29H34F4N6O7/c1-15(26(41)39-12-4-6-21(39)27(42)46-24-22(32)18(30)13-19(31)23(24)33)37-29(44)45-14-16-7-9-17(10-8-16)38-25(40)20(35-2)5-3-11-36-28(34)43/h7-10,13,15,20-21,35H,3-6,11-12,14H2,1-2H3,(H,37,44)(H,38,40)(H3,34,36,43)/t15-,20+,21-/m1/s1. The Bertz CT molecular complexity index is 1420. The molecule has 2 aromatic carbocycles. The van der Waals surface area contributed by atoms with Crippen LogP contribution in [0.2, 0.25) is 0 Å². The number of esters is 1. The second-order valence-corrected chi connectivity index (χ2v) is 10.3. The summed E-state index contributed by atoms with van der Waals surface area (Å²) in [4.78, 5) is 62.3. The van der Waals surface area contributed by atoms with E-state index in [-0.39, 0.29) is 31.5 Å². The number of urea groups is 1. The minimum atomic E-state index is -1.90. The number of ether oxygens (including phenoxy) is 2. The third-order valence-corrected chi connectivity index (χ3v) is 7.01. The number of rotatable bonds is 13. The molecule has 0 aromatic heterocycles. The number of carbonyl (C=O) groups is 5. The number of nitrogens with one attached hydrogen (secondary N) is 4. The van der Waals surface area contributed by atoms with Crippen molar-refractivity contribution in [3.8, 4) is 5.75 Å². The summed E-state index contributed by atoms with van der Waals surface area (Å²) in [5.74, 6) is -11.2. The summed E-state index contributed by atoms with van der Waals surface area (Å²) in [7, 11) is 1.63. The fourth-order valence-electron chi connectivity index (χ4n) is 4.60. The van der Waals surface area contributed by atoms with E-state index in [0.29, 0.717) is 37.1 Å². The van der Waals surface area contributed by atoms with Crippen molar-refractivity contribution in [3.63, 3.8) is 0 Å². The van der Waals surface area contributed by atoms with Crippen LogP contribution in [0.25, 0.3) is 0 Å². The first-order chi connectivity index (χ1) is 21.8. The molecular weight excluding hydrogens is 620 g/mol. The smallest absolute Gasteiger partial charge is 0.408 e. The molecule has 3 rings (SSSR count). The van der Waals surface area contributed by atoms with Crippen molar-refractivity contribution < 1.29 is 51.0 Å². The summed E-state index contributed by atoms with van der Waals surface area (Å²) >= 11 is 0. The second kappa shape index (κ2) is 16.4. The lowest BCUT2D eigenvalue weighted by Gasteiger charge is -2.26. The highest BCUT2D eigenvalue weighted by Crippen LogP contribution is 2.28. The van der Waals surface area contributed by atoms with E-state index in [4.69, 9.17) is 10.5 Å². The Balaban J connectivity index is 1.48. The number of hydrogen-bond acceptors (Lipinski definition) is 8. The maximum atomic E-state index is 14.0. The molecule has 5 amide bonds. The first-order valence-electron chi connectivity index (χ1n) is 14.2. The zero-order valence-corrected chi connectivity index (χ0v) is 25.0. The molecular formula is C29H34F4N6O7. The Morgan fingerprint density at radius 1 is 1.04 bits per heavy atom. The van der Waals surface area contributed by atoms with Crippen molar-refractivity contribution in [2.45, 2.75) is 57.3 Å². The number of hydrogen-bond donors (Lipinski definition) is 5. The maximum absolute atomic E-state index is 14.0. The van der Waals surface area contributed by atoms with Gasteiger partial charge in [0.15, 0.2) is 11.6 Å². The maximum Gasteiger partial charge on any atom is 0.408 e. The van der Waals surface area contributed by atoms with Gasteiger partial charge in [0.25, 0.3) is 0 Å². The number of carbonyl (C=O) groups excluding carboxylic acids is 5. The lowest BCUT2D eigenvalue weighted by atomic mass is 10.1. The zero-order valence-electron chi connectivity index (χ0n) is 25.0. The van der Waals surface area contributed by atoms with E-state index in [9.17, 15) is 41.5 Å². The first kappa shape index (κ1) is 35.5. The summed E-state index contributed by atoms with van der Waals surface area (Å²) in [5, 5.41) is 10.4. The van der Waals surface area contributed by atoms with E-state index in [1.54, 1.807) is 31.3 Å². The Hall–Kier alpha value is -4.93. The number of nitrogens with two attached hydrogens (primary N) is 1. The third kappa shape index (κ3) is 9.53. The number of likely N-dealkylation sites (N-methyl/N-ethyl adjacent to an activating group) is 1. The Labute approximate surface area is 261 Å². The van der Waals surface area contributed by atoms with Gasteiger partial charge in [0, 0.05) is 24.8 Å². The molecule has 3 atom stereocenters. The minimum absolute atomic E-state index is 0.0337. The van der Waals surface area contributed by atoms with Crippen LogP contribution in [0.5, 0.6) is 5.75 Å². The third-order valence-electron chi connectivity index (χ3n) is 7.01. The summed E-state index contributed by atoms with van der Waals surface area (Å²) in [6.07, 6.45) is 0.369. The number of benzene rings is 2. The van der Waals surface area contributed by atoms with Gasteiger partial charge in [0.05, 0.1) is 6.04 Å². The molecule has 250 valence electrons. The fraction of sp³-hybridized carbons (Fsp3) is 0.414. The van der Waals surface area contributed by atoms with Crippen LogP contribution in [0, 0.1) is 23.3 Å². The molecule has 0 bridgehead atoms. The van der Waals surface area contributed by atoms with Crippen molar-refractivity contribution in [1.82, 2.24) is 20.9 Å². The zero-order chi connectivity index (χ0) is 34.0. The topological polar surface area (TPSA) is 181 Å². The molecule has 0 unspecified atom stereocenters. The quantitative estimate of drug-likeness (QED) is 0.0718. The Morgan fingerprint density at radius 2 is 1.70 bits per heavy atom. The van der Waals surface area contributed by atoms with Gasteiger partial charge in [-0.15, -0.1) is 0 Å². The van der Waals surface area contributed by atoms with Crippen molar-refractivity contribution in [2.75, 3.05) is 25.5 Å². The van der Waals surface area contributed by atoms with Gasteiger partial charge in [-0.05, 0) is 57.4 Å². The van der Waals surface area contributed by atoms with E-state index >= 15 is 0 Å². The molecule has 0 radical (unpaired) electrons. The van der Waals surface area contributed by atoms with Crippen LogP contribution >= 0.6 is 0 Å². The van der Waals surface area contributed by atoms with E-state index in [2.05, 4.69) is 26.0 Å². The van der Waals surface area contributed by atoms with Crippen LogP contribution in [0.15, 0.2) is 30.3 Å². The lowest BCUT2D eigenvalue weighted by molar-refractivity contribution is -0.147. The summed E-state index contributed by atoms with van der Waals surface area (Å²) in [6.45, 7) is 1.52. The van der Waals surface area contributed by atoms with E-state index in [1.165, 1.54) is 6.92 Å². The van der Waals surface area contributed by atoms with E-state index in [1.807, 2.05) is 0 Å². The number of alkyl carbamates (subject to hydrolysis) is 1. The average Bonchev–Trinajstić information content (AvgIpc) is 3.51. The summed E-state index contributed by atoms with van der Waals surface area (Å²) in [6, 6.07) is 2.72. The van der Waals surface area contributed by atoms with Gasteiger partial charge in [0.1, 0.15) is 18.7 Å². The van der Waals surface area contributed by atoms with Crippen LogP contribution in [-0.2, 0) is 25.7 Å². The predicted molar refractivity (Wildman–Crippen MR) is 154 cm³/mol. The van der Waals surface area contributed by atoms with Gasteiger partial charge in [-0.1, -0.05) is 12.1 Å². The van der Waals surface area contributed by atoms with Crippen molar-refractivity contribution in [2.24, 2.45) is 5.73 Å². The van der Waals surface area contributed by atoms with Crippen LogP contribution in [0.4, 0.5) is 32.8 Å². The van der Waals surface area contributed by atoms with Gasteiger partial charge in [0.2, 0.25) is 29.2 Å². The fourth-order valence-corrected chi connectivity index (χ4v) is 4.60. The second-order valence-electron chi connectivity index (χ2n) is 10.3. The van der Waals surface area contributed by atoms with Crippen LogP contribution in [0.3, 0.4) is 0 Å². The Morgan fingerprint density at radius 3 is 2.30 bits per heavy atom. The molecule has 1 aliphatic rings. The number of halogens is 4. The van der Waals surface area contributed by atoms with Gasteiger partial charge in [-0.25, -0.2) is 23.2 Å². The van der Waals surface area contributed by atoms with Crippen molar-refractivity contribution in [1.29, 1.82) is 0 Å². The van der Waals surface area contributed by atoms with E-state index < -0.39 is 71.1 Å². The molecule has 17 heteroatoms. The average molecular weight is 655 g/mol. The highest BCUT2D eigenvalue weighted by Gasteiger charge is 2.39. The number of nitrogens with zero attached hydrogens (tertiary/aromatic N) is 1. The molecule has 0 saturated carbocycles. The molecule has 1 fully saturated rings. The Kier molecular flexibility index (Phi) is 12.7. The minimum Gasteiger partial charge on any atom is -0.445 e. The molecule has 13 nitrogen and oxygen atoms in total. The number of likely N-dealkylation sites (tertiary alicyclic amines) is 1. The largest absolute Gasteiger partial charge is 0.445 e. The van der Waals surface area contributed by atoms with Crippen LogP contribution in [0.1, 0.15) is 38.2 Å². The van der Waals surface area contributed by atoms with E-state index in [0.717, 1.165) is 4.90 Å². The highest BCUT2D eigenvalue weighted by atomic mass is 19.2. The number of primary amides is 1. The van der Waals surface area contributed by atoms with Gasteiger partial charge >= 0.3 is 18.1 Å². The van der Waals surface area contributed by atoms with Crippen LogP contribution < -0.4 is 31.7 Å². The molecule has 2 aromatic rings. The van der Waals surface area contributed by atoms with Gasteiger partial charge < -0.3 is 41.4 Å². The molecule has 0 spiro atoms. The summed E-state index contributed by atoms with van der Waals surface area (Å²) < 4.78 is 64.7. The molecule has 6 N–H and O–H groups in total. The molecule has 46 heavy (non-hydrogen) atoms. The molecule has 1 heterocycles. The SMILES string of the molecule is CN[C@@H](CCCNC(N)=O)C(=O)Nc1ccc(COC(=O)N[C@H](C)C(=O)N2CCC[C@@H]2C(=O)Oc2c(F)c(F)cc(F)c2F)cc1. The molecule has 1 aliphatic heterocycles. The normalized spacial score (nSPS) is 15.4. The highest BCUT2D eigenvalue weighted by molar-refractivity contribution is 5.94. The first-order valence-corrected chi connectivity index (χ1v) is 14.2. The number of amides is 5. The number of anilines is 1. The monoisotopic (exact) mass is 654 g/mol. The van der Waals surface area contributed by atoms with Gasteiger partial charge in [-0.3, -0.25) is 9.59 Å². The molecule has 0 aliphatic carbocycles. The van der Waals surface area contributed by atoms with Crippen LogP contribution in [-0.4, -0.2) is 73.1 Å².